The Morgan fingerprint density at radius 2 is 1.73 bits per heavy atom. The highest BCUT2D eigenvalue weighted by atomic mass is 19.1. The average molecular weight is 308 g/mol. The third-order valence-electron chi connectivity index (χ3n) is 2.69. The summed E-state index contributed by atoms with van der Waals surface area (Å²) in [4.78, 5) is 11.7. The minimum Gasteiger partial charge on any atom is -0.508 e. The van der Waals surface area contributed by atoms with Gasteiger partial charge in [-0.05, 0) is 43.3 Å². The lowest BCUT2D eigenvalue weighted by molar-refractivity contribution is 0.183. The van der Waals surface area contributed by atoms with E-state index in [2.05, 4.69) is 10.6 Å². The van der Waals surface area contributed by atoms with Gasteiger partial charge >= 0.3 is 6.03 Å². The van der Waals surface area contributed by atoms with Crippen LogP contribution in [0.2, 0.25) is 0 Å². The molecule has 2 aromatic carbocycles. The quantitative estimate of drug-likeness (QED) is 0.760. The molecule has 3 N–H and O–H groups in total. The molecule has 2 rings (SSSR count). The number of halogens is 2. The minimum absolute atomic E-state index is 0.0840. The van der Waals surface area contributed by atoms with Crippen molar-refractivity contribution in [3.8, 4) is 11.5 Å². The molecule has 1 unspecified atom stereocenters. The zero-order valence-corrected chi connectivity index (χ0v) is 11.6. The van der Waals surface area contributed by atoms with Gasteiger partial charge in [0.25, 0.3) is 0 Å². The van der Waals surface area contributed by atoms with Crippen molar-refractivity contribution >= 4 is 11.7 Å². The molecule has 22 heavy (non-hydrogen) atoms. The first-order valence-electron chi connectivity index (χ1n) is 6.43. The number of carbonyl (C=O) groups excluding carboxylic acids is 1. The highest BCUT2D eigenvalue weighted by Crippen LogP contribution is 2.18. The summed E-state index contributed by atoms with van der Waals surface area (Å²) < 4.78 is 32.2. The summed E-state index contributed by atoms with van der Waals surface area (Å²) in [5.41, 5.74) is -0.531. The Kier molecular flexibility index (Phi) is 4.77. The Balaban J connectivity index is 1.92. The molecule has 0 spiro atoms. The fourth-order valence-electron chi connectivity index (χ4n) is 1.71. The molecule has 0 saturated heterocycles. The summed E-state index contributed by atoms with van der Waals surface area (Å²) in [6, 6.07) is 8.35. The van der Waals surface area contributed by atoms with E-state index in [0.29, 0.717) is 5.75 Å². The summed E-state index contributed by atoms with van der Waals surface area (Å²) in [5, 5.41) is 13.6. The number of hydrogen-bond donors (Lipinski definition) is 3. The summed E-state index contributed by atoms with van der Waals surface area (Å²) in [6.07, 6.45) is -0.751. The van der Waals surface area contributed by atoms with Gasteiger partial charge < -0.3 is 20.5 Å². The van der Waals surface area contributed by atoms with Crippen LogP contribution in [-0.2, 0) is 0 Å². The number of aromatic hydroxyl groups is 1. The molecule has 0 aromatic heterocycles. The van der Waals surface area contributed by atoms with Crippen molar-refractivity contribution in [1.82, 2.24) is 5.32 Å². The Labute approximate surface area is 125 Å². The number of nitrogens with one attached hydrogen (secondary N) is 2. The topological polar surface area (TPSA) is 70.6 Å². The van der Waals surface area contributed by atoms with E-state index >= 15 is 0 Å². The average Bonchev–Trinajstić information content (AvgIpc) is 2.45. The first-order chi connectivity index (χ1) is 10.5. The normalized spacial score (nSPS) is 11.6. The van der Waals surface area contributed by atoms with Crippen LogP contribution in [-0.4, -0.2) is 17.4 Å². The lowest BCUT2D eigenvalue weighted by atomic mass is 10.3. The van der Waals surface area contributed by atoms with Crippen LogP contribution in [0.15, 0.2) is 42.5 Å². The Morgan fingerprint density at radius 1 is 1.14 bits per heavy atom. The molecule has 2 amide bonds. The first-order valence-corrected chi connectivity index (χ1v) is 6.43. The number of phenols is 1. The van der Waals surface area contributed by atoms with E-state index < -0.39 is 29.6 Å². The summed E-state index contributed by atoms with van der Waals surface area (Å²) in [6.45, 7) is 1.55. The number of rotatable bonds is 4. The van der Waals surface area contributed by atoms with Gasteiger partial charge in [0.05, 0.1) is 0 Å². The third kappa shape index (κ3) is 4.08. The van der Waals surface area contributed by atoms with E-state index in [9.17, 15) is 13.6 Å². The molecule has 5 nitrogen and oxygen atoms in total. The molecule has 2 aromatic rings. The predicted molar refractivity (Wildman–Crippen MR) is 76.7 cm³/mol. The summed E-state index contributed by atoms with van der Waals surface area (Å²) >= 11 is 0. The maximum Gasteiger partial charge on any atom is 0.322 e. The number of anilines is 1. The number of hydrogen-bond acceptors (Lipinski definition) is 3. The molecular formula is C15H14F2N2O3. The number of benzene rings is 2. The number of phenolic OH excluding ortho intramolecular Hbond substituents is 1. The Hall–Kier alpha value is -2.83. The summed E-state index contributed by atoms with van der Waals surface area (Å²) in [7, 11) is 0. The van der Waals surface area contributed by atoms with E-state index in [0.717, 1.165) is 12.1 Å². The number of carbonyl (C=O) groups is 1. The highest BCUT2D eigenvalue weighted by Gasteiger charge is 2.14. The zero-order valence-electron chi connectivity index (χ0n) is 11.6. The van der Waals surface area contributed by atoms with Crippen molar-refractivity contribution in [2.24, 2.45) is 0 Å². The van der Waals surface area contributed by atoms with Crippen LogP contribution in [0.25, 0.3) is 0 Å². The van der Waals surface area contributed by atoms with Gasteiger partial charge in [-0.25, -0.2) is 13.6 Å². The molecule has 116 valence electrons. The van der Waals surface area contributed by atoms with E-state index in [1.54, 1.807) is 6.92 Å². The molecule has 0 aliphatic rings. The van der Waals surface area contributed by atoms with Crippen molar-refractivity contribution < 1.29 is 23.4 Å². The second-order valence-corrected chi connectivity index (χ2v) is 4.45. The highest BCUT2D eigenvalue weighted by molar-refractivity contribution is 5.89. The molecular weight excluding hydrogens is 294 g/mol. The monoisotopic (exact) mass is 308 g/mol. The second-order valence-electron chi connectivity index (χ2n) is 4.45. The number of ether oxygens (including phenoxy) is 1. The van der Waals surface area contributed by atoms with Crippen LogP contribution >= 0.6 is 0 Å². The number of para-hydroxylation sites is 1. The van der Waals surface area contributed by atoms with Gasteiger partial charge in [-0.1, -0.05) is 6.07 Å². The van der Waals surface area contributed by atoms with Crippen LogP contribution in [0, 0.1) is 11.6 Å². The van der Waals surface area contributed by atoms with Crippen molar-refractivity contribution in [1.29, 1.82) is 0 Å². The van der Waals surface area contributed by atoms with Crippen LogP contribution in [0.3, 0.4) is 0 Å². The first kappa shape index (κ1) is 15.6. The lowest BCUT2D eigenvalue weighted by Gasteiger charge is -2.17. The number of urea groups is 1. The SMILES string of the molecule is CC(NC(=O)Nc1c(F)cccc1F)Oc1ccc(O)cc1. The lowest BCUT2D eigenvalue weighted by Crippen LogP contribution is -2.39. The number of amides is 2. The van der Waals surface area contributed by atoms with E-state index in [1.165, 1.54) is 30.3 Å². The second kappa shape index (κ2) is 6.75. The maximum atomic E-state index is 13.4. The Morgan fingerprint density at radius 3 is 2.32 bits per heavy atom. The van der Waals surface area contributed by atoms with E-state index in [4.69, 9.17) is 9.84 Å². The molecule has 0 aliphatic carbocycles. The van der Waals surface area contributed by atoms with E-state index in [1.807, 2.05) is 0 Å². The fraction of sp³-hybridized carbons (Fsp3) is 0.133. The smallest absolute Gasteiger partial charge is 0.322 e. The van der Waals surface area contributed by atoms with Gasteiger partial charge in [0.1, 0.15) is 28.8 Å². The standard InChI is InChI=1S/C15H14F2N2O3/c1-9(22-11-7-5-10(20)6-8-11)18-15(21)19-14-12(16)3-2-4-13(14)17/h2-9,20H,1H3,(H2,18,19,21). The predicted octanol–water partition coefficient (Wildman–Crippen LogP) is 3.22. The molecule has 1 atom stereocenters. The molecule has 7 heteroatoms. The van der Waals surface area contributed by atoms with Crippen molar-refractivity contribution in [3.05, 3.63) is 54.1 Å². The molecule has 0 heterocycles. The minimum atomic E-state index is -0.873. The Bertz CT molecular complexity index is 642. The van der Waals surface area contributed by atoms with Crippen molar-refractivity contribution in [2.75, 3.05) is 5.32 Å². The van der Waals surface area contributed by atoms with Crippen LogP contribution in [0.4, 0.5) is 19.3 Å². The largest absolute Gasteiger partial charge is 0.508 e. The third-order valence-corrected chi connectivity index (χ3v) is 2.69. The molecule has 0 aliphatic heterocycles. The van der Waals surface area contributed by atoms with Gasteiger partial charge in [0, 0.05) is 0 Å². The summed E-state index contributed by atoms with van der Waals surface area (Å²) in [5.74, 6) is -1.24. The van der Waals surface area contributed by atoms with Gasteiger partial charge in [0.2, 0.25) is 0 Å². The van der Waals surface area contributed by atoms with Gasteiger partial charge in [-0.2, -0.15) is 0 Å². The van der Waals surface area contributed by atoms with Crippen molar-refractivity contribution in [2.45, 2.75) is 13.2 Å². The molecule has 0 radical (unpaired) electrons. The van der Waals surface area contributed by atoms with Gasteiger partial charge in [-0.15, -0.1) is 0 Å². The van der Waals surface area contributed by atoms with Crippen LogP contribution < -0.4 is 15.4 Å². The van der Waals surface area contributed by atoms with Crippen LogP contribution in [0.5, 0.6) is 11.5 Å². The van der Waals surface area contributed by atoms with Gasteiger partial charge in [0.15, 0.2) is 6.23 Å². The van der Waals surface area contributed by atoms with Crippen molar-refractivity contribution in [3.63, 3.8) is 0 Å². The van der Waals surface area contributed by atoms with Crippen LogP contribution in [0.1, 0.15) is 6.92 Å². The maximum absolute atomic E-state index is 13.4. The zero-order chi connectivity index (χ0) is 16.1. The van der Waals surface area contributed by atoms with Gasteiger partial charge in [-0.3, -0.25) is 0 Å². The molecule has 0 saturated carbocycles. The molecule has 0 fully saturated rings. The fourth-order valence-corrected chi connectivity index (χ4v) is 1.71. The van der Waals surface area contributed by atoms with E-state index in [-0.39, 0.29) is 5.75 Å². The molecule has 0 bridgehead atoms.